The average Bonchev–Trinajstić information content (AvgIpc) is 2.86. The molecule has 2 aliphatic heterocycles. The van der Waals surface area contributed by atoms with E-state index in [0.717, 1.165) is 37.1 Å². The van der Waals surface area contributed by atoms with Crippen molar-refractivity contribution in [1.29, 1.82) is 0 Å². The fraction of sp³-hybridized carbons (Fsp3) is 0.423. The first kappa shape index (κ1) is 24.1. The van der Waals surface area contributed by atoms with Crippen molar-refractivity contribution in [3.8, 4) is 0 Å². The predicted molar refractivity (Wildman–Crippen MR) is 134 cm³/mol. The number of nitrogens with zero attached hydrogens (tertiary/aromatic N) is 3. The van der Waals surface area contributed by atoms with Crippen molar-refractivity contribution in [3.05, 3.63) is 58.6 Å². The van der Waals surface area contributed by atoms with Crippen LogP contribution in [0.1, 0.15) is 49.0 Å². The molecule has 0 bridgehead atoms. The van der Waals surface area contributed by atoms with Crippen LogP contribution in [-0.2, 0) is 16.1 Å². The average molecular weight is 483 g/mol. The second-order valence-corrected chi connectivity index (χ2v) is 9.15. The summed E-state index contributed by atoms with van der Waals surface area (Å²) in [7, 11) is 0. The third kappa shape index (κ3) is 4.89. The van der Waals surface area contributed by atoms with Crippen LogP contribution in [0.5, 0.6) is 0 Å². The number of hydrogen-bond acceptors (Lipinski definition) is 4. The van der Waals surface area contributed by atoms with Crippen molar-refractivity contribution in [2.24, 2.45) is 0 Å². The molecule has 34 heavy (non-hydrogen) atoms. The number of piperidine rings is 1. The number of carbonyl (C=O) groups excluding carboxylic acids is 3. The number of benzene rings is 2. The van der Waals surface area contributed by atoms with Gasteiger partial charge in [-0.3, -0.25) is 19.3 Å². The molecule has 2 heterocycles. The second-order valence-electron chi connectivity index (χ2n) is 8.71. The summed E-state index contributed by atoms with van der Waals surface area (Å²) in [5.74, 6) is -0.409. The van der Waals surface area contributed by atoms with E-state index in [9.17, 15) is 14.4 Å². The fourth-order valence-electron chi connectivity index (χ4n) is 4.75. The van der Waals surface area contributed by atoms with Crippen molar-refractivity contribution in [2.75, 3.05) is 36.0 Å². The first-order valence-electron chi connectivity index (χ1n) is 12.0. The number of nitrogens with one attached hydrogen (secondary N) is 1. The van der Waals surface area contributed by atoms with Crippen LogP contribution in [0, 0.1) is 0 Å². The molecule has 0 spiro atoms. The lowest BCUT2D eigenvalue weighted by atomic mass is 9.95. The molecule has 4 rings (SSSR count). The minimum atomic E-state index is -0.269. The van der Waals surface area contributed by atoms with Gasteiger partial charge in [0.1, 0.15) is 12.6 Å². The summed E-state index contributed by atoms with van der Waals surface area (Å²) in [4.78, 5) is 44.8. The molecule has 0 aliphatic carbocycles. The molecular formula is C26H31ClN4O3. The highest BCUT2D eigenvalue weighted by Crippen LogP contribution is 2.40. The first-order chi connectivity index (χ1) is 16.4. The Hall–Kier alpha value is -3.06. The number of carbonyl (C=O) groups is 3. The van der Waals surface area contributed by atoms with Crippen LogP contribution >= 0.6 is 11.6 Å². The van der Waals surface area contributed by atoms with E-state index >= 15 is 0 Å². The number of anilines is 2. The molecule has 2 aromatic carbocycles. The van der Waals surface area contributed by atoms with E-state index in [1.54, 1.807) is 28.0 Å². The maximum atomic E-state index is 13.5. The van der Waals surface area contributed by atoms with Crippen molar-refractivity contribution in [3.63, 3.8) is 0 Å². The molecule has 1 N–H and O–H groups in total. The molecule has 2 aliphatic rings. The SMILES string of the molecule is CCN(CC)C(=O)c1ccc2c(c1)N(CC(=O)NCc1ccc(Cl)cc1)C(=O)C1CCCCN21. The van der Waals surface area contributed by atoms with Gasteiger partial charge in [-0.2, -0.15) is 0 Å². The van der Waals surface area contributed by atoms with Crippen LogP contribution < -0.4 is 15.1 Å². The Morgan fingerprint density at radius 1 is 1.06 bits per heavy atom. The number of fused-ring (bicyclic) bond motifs is 3. The smallest absolute Gasteiger partial charge is 0.253 e. The molecule has 2 aromatic rings. The summed E-state index contributed by atoms with van der Waals surface area (Å²) in [6.07, 6.45) is 2.77. The molecule has 1 saturated heterocycles. The van der Waals surface area contributed by atoms with Crippen LogP contribution in [-0.4, -0.2) is 54.8 Å². The van der Waals surface area contributed by atoms with E-state index in [0.29, 0.717) is 35.9 Å². The molecule has 1 fully saturated rings. The van der Waals surface area contributed by atoms with E-state index in [1.807, 2.05) is 38.1 Å². The Balaban J connectivity index is 1.60. The number of rotatable bonds is 7. The molecule has 1 atom stereocenters. The molecule has 3 amide bonds. The Kier molecular flexibility index (Phi) is 7.41. The summed E-state index contributed by atoms with van der Waals surface area (Å²) >= 11 is 5.93. The van der Waals surface area contributed by atoms with Crippen LogP contribution in [0.3, 0.4) is 0 Å². The van der Waals surface area contributed by atoms with Gasteiger partial charge in [0, 0.05) is 36.8 Å². The zero-order chi connectivity index (χ0) is 24.2. The second kappa shape index (κ2) is 10.5. The molecule has 0 aromatic heterocycles. The van der Waals surface area contributed by atoms with E-state index in [1.165, 1.54) is 0 Å². The highest BCUT2D eigenvalue weighted by Gasteiger charge is 2.40. The van der Waals surface area contributed by atoms with Crippen LogP contribution in [0.25, 0.3) is 0 Å². The standard InChI is InChI=1S/C26H31ClN4O3/c1-3-29(4-2)25(33)19-10-13-21-23(15-19)31(26(34)22-7-5-6-14-30(21)22)17-24(32)28-16-18-8-11-20(27)12-9-18/h8-13,15,22H,3-7,14,16-17H2,1-2H3,(H,28,32). The van der Waals surface area contributed by atoms with Crippen molar-refractivity contribution < 1.29 is 14.4 Å². The van der Waals surface area contributed by atoms with Crippen LogP contribution in [0.4, 0.5) is 11.4 Å². The van der Waals surface area contributed by atoms with Gasteiger partial charge in [-0.1, -0.05) is 23.7 Å². The van der Waals surface area contributed by atoms with Gasteiger partial charge >= 0.3 is 0 Å². The number of halogens is 1. The zero-order valence-corrected chi connectivity index (χ0v) is 20.5. The predicted octanol–water partition coefficient (Wildman–Crippen LogP) is 3.84. The lowest BCUT2D eigenvalue weighted by Gasteiger charge is -2.45. The van der Waals surface area contributed by atoms with Gasteiger partial charge < -0.3 is 15.1 Å². The van der Waals surface area contributed by atoms with Gasteiger partial charge in [-0.25, -0.2) is 0 Å². The molecule has 8 heteroatoms. The maximum absolute atomic E-state index is 13.5. The zero-order valence-electron chi connectivity index (χ0n) is 19.7. The van der Waals surface area contributed by atoms with E-state index in [2.05, 4.69) is 10.2 Å². The van der Waals surface area contributed by atoms with Crippen molar-refractivity contribution in [2.45, 2.75) is 45.7 Å². The Bertz CT molecular complexity index is 1070. The highest BCUT2D eigenvalue weighted by molar-refractivity contribution is 6.30. The van der Waals surface area contributed by atoms with E-state index in [-0.39, 0.29) is 30.3 Å². The lowest BCUT2D eigenvalue weighted by Crippen LogP contribution is -2.57. The van der Waals surface area contributed by atoms with E-state index in [4.69, 9.17) is 11.6 Å². The van der Waals surface area contributed by atoms with Gasteiger partial charge in [0.15, 0.2) is 0 Å². The lowest BCUT2D eigenvalue weighted by molar-refractivity contribution is -0.125. The van der Waals surface area contributed by atoms with Gasteiger partial charge in [-0.05, 0) is 69.0 Å². The fourth-order valence-corrected chi connectivity index (χ4v) is 4.88. The highest BCUT2D eigenvalue weighted by atomic mass is 35.5. The molecular weight excluding hydrogens is 452 g/mol. The largest absolute Gasteiger partial charge is 0.358 e. The number of hydrogen-bond donors (Lipinski definition) is 1. The molecule has 0 radical (unpaired) electrons. The molecule has 1 unspecified atom stereocenters. The topological polar surface area (TPSA) is 73.0 Å². The summed E-state index contributed by atoms with van der Waals surface area (Å²) in [5.41, 5.74) is 2.99. The summed E-state index contributed by atoms with van der Waals surface area (Å²) in [6, 6.07) is 12.5. The third-order valence-corrected chi connectivity index (χ3v) is 6.88. The monoisotopic (exact) mass is 482 g/mol. The van der Waals surface area contributed by atoms with Gasteiger partial charge in [-0.15, -0.1) is 0 Å². The third-order valence-electron chi connectivity index (χ3n) is 6.63. The summed E-state index contributed by atoms with van der Waals surface area (Å²) in [6.45, 7) is 6.15. The number of amides is 3. The first-order valence-corrected chi connectivity index (χ1v) is 12.3. The minimum Gasteiger partial charge on any atom is -0.358 e. The van der Waals surface area contributed by atoms with Gasteiger partial charge in [0.2, 0.25) is 11.8 Å². The Morgan fingerprint density at radius 3 is 2.50 bits per heavy atom. The summed E-state index contributed by atoms with van der Waals surface area (Å²) < 4.78 is 0. The Morgan fingerprint density at radius 2 is 1.79 bits per heavy atom. The molecule has 7 nitrogen and oxygen atoms in total. The molecule has 0 saturated carbocycles. The van der Waals surface area contributed by atoms with Crippen LogP contribution in [0.2, 0.25) is 5.02 Å². The normalized spacial score (nSPS) is 17.1. The van der Waals surface area contributed by atoms with Gasteiger partial charge in [0.25, 0.3) is 5.91 Å². The van der Waals surface area contributed by atoms with Crippen LogP contribution in [0.15, 0.2) is 42.5 Å². The Labute approximate surface area is 205 Å². The maximum Gasteiger partial charge on any atom is 0.253 e. The molecule has 180 valence electrons. The summed E-state index contributed by atoms with van der Waals surface area (Å²) in [5, 5.41) is 3.54. The minimum absolute atomic E-state index is 0.0758. The van der Waals surface area contributed by atoms with Gasteiger partial charge in [0.05, 0.1) is 11.4 Å². The quantitative estimate of drug-likeness (QED) is 0.650. The van der Waals surface area contributed by atoms with Crippen molar-refractivity contribution >= 4 is 40.7 Å². The van der Waals surface area contributed by atoms with Crippen molar-refractivity contribution in [1.82, 2.24) is 10.2 Å². The van der Waals surface area contributed by atoms with E-state index < -0.39 is 0 Å².